The van der Waals surface area contributed by atoms with E-state index in [9.17, 15) is 0 Å². The largest absolute Gasteiger partial charge is 0.357 e. The van der Waals surface area contributed by atoms with Crippen LogP contribution in [-0.4, -0.2) is 39.9 Å². The molecule has 5 nitrogen and oxygen atoms in total. The molecule has 1 fully saturated rings. The molecule has 1 N–H and O–H groups in total. The first-order chi connectivity index (χ1) is 10.7. The van der Waals surface area contributed by atoms with Crippen LogP contribution in [0.15, 0.2) is 22.8 Å². The second-order valence-electron chi connectivity index (χ2n) is 6.35. The first-order valence-electron chi connectivity index (χ1n) is 8.10. The molecule has 23 heavy (non-hydrogen) atoms. The minimum Gasteiger partial charge on any atom is -0.357 e. The van der Waals surface area contributed by atoms with Gasteiger partial charge in [0.25, 0.3) is 0 Å². The molecule has 1 saturated heterocycles. The quantitative estimate of drug-likeness (QED) is 0.446. The van der Waals surface area contributed by atoms with Crippen molar-refractivity contribution < 1.29 is 0 Å². The molecular formula is C16H26IN5S. The van der Waals surface area contributed by atoms with E-state index in [-0.39, 0.29) is 24.0 Å². The predicted octanol–water partition coefficient (Wildman–Crippen LogP) is 3.46. The lowest BCUT2D eigenvalue weighted by atomic mass is 9.92. The van der Waals surface area contributed by atoms with E-state index in [0.29, 0.717) is 6.54 Å². The van der Waals surface area contributed by atoms with Gasteiger partial charge in [0.05, 0.1) is 12.2 Å². The Morgan fingerprint density at radius 3 is 2.78 bits per heavy atom. The maximum atomic E-state index is 4.81. The number of rotatable bonds is 3. The van der Waals surface area contributed by atoms with Crippen LogP contribution in [0.25, 0.3) is 4.96 Å². The minimum atomic E-state index is 0. The Kier molecular flexibility index (Phi) is 6.70. The predicted molar refractivity (Wildman–Crippen MR) is 108 cm³/mol. The van der Waals surface area contributed by atoms with Gasteiger partial charge in [0.2, 0.25) is 0 Å². The van der Waals surface area contributed by atoms with Crippen molar-refractivity contribution in [2.75, 3.05) is 19.6 Å². The third-order valence-corrected chi connectivity index (χ3v) is 4.81. The van der Waals surface area contributed by atoms with Crippen molar-refractivity contribution in [2.24, 2.45) is 16.8 Å². The molecule has 3 rings (SSSR count). The smallest absolute Gasteiger partial charge is 0.194 e. The highest BCUT2D eigenvalue weighted by molar-refractivity contribution is 14.0. The highest BCUT2D eigenvalue weighted by Gasteiger charge is 2.23. The van der Waals surface area contributed by atoms with Crippen LogP contribution in [-0.2, 0) is 6.54 Å². The fraction of sp³-hybridized carbons (Fsp3) is 0.625. The number of nitrogens with one attached hydrogen (secondary N) is 1. The highest BCUT2D eigenvalue weighted by atomic mass is 127. The number of piperidine rings is 1. The molecule has 2 aromatic heterocycles. The van der Waals surface area contributed by atoms with Crippen LogP contribution < -0.4 is 5.32 Å². The number of thiazole rings is 1. The molecule has 2 aromatic rings. The summed E-state index contributed by atoms with van der Waals surface area (Å²) in [4.78, 5) is 12.9. The normalized spacial score (nSPS) is 22.2. The van der Waals surface area contributed by atoms with Gasteiger partial charge in [-0.15, -0.1) is 35.3 Å². The highest BCUT2D eigenvalue weighted by Crippen LogP contribution is 2.21. The van der Waals surface area contributed by atoms with E-state index in [0.717, 1.165) is 48.1 Å². The van der Waals surface area contributed by atoms with E-state index in [4.69, 9.17) is 4.99 Å². The van der Waals surface area contributed by atoms with Gasteiger partial charge in [-0.3, -0.25) is 4.40 Å². The number of hydrogen-bond donors (Lipinski definition) is 1. The zero-order valence-corrected chi connectivity index (χ0v) is 17.2. The SMILES string of the molecule is CCNC(=NCc1cn2ccsc2n1)N1CC(C)CC(C)C1.I. The summed E-state index contributed by atoms with van der Waals surface area (Å²) in [5.41, 5.74) is 1.03. The van der Waals surface area contributed by atoms with Gasteiger partial charge in [-0.2, -0.15) is 0 Å². The Bertz CT molecular complexity index is 611. The number of fused-ring (bicyclic) bond motifs is 1. The van der Waals surface area contributed by atoms with Gasteiger partial charge < -0.3 is 10.2 Å². The average Bonchev–Trinajstić information content (AvgIpc) is 3.03. The van der Waals surface area contributed by atoms with Crippen molar-refractivity contribution in [3.05, 3.63) is 23.5 Å². The molecule has 0 bridgehead atoms. The van der Waals surface area contributed by atoms with E-state index in [1.165, 1.54) is 6.42 Å². The second-order valence-corrected chi connectivity index (χ2v) is 7.22. The molecule has 3 heterocycles. The topological polar surface area (TPSA) is 44.9 Å². The van der Waals surface area contributed by atoms with Crippen molar-refractivity contribution in [2.45, 2.75) is 33.7 Å². The van der Waals surface area contributed by atoms with Gasteiger partial charge in [0.1, 0.15) is 0 Å². The first kappa shape index (κ1) is 18.5. The molecule has 2 atom stereocenters. The van der Waals surface area contributed by atoms with Crippen molar-refractivity contribution in [3.63, 3.8) is 0 Å². The Balaban J connectivity index is 0.00000192. The Labute approximate surface area is 159 Å². The number of nitrogens with zero attached hydrogens (tertiary/aromatic N) is 4. The molecule has 0 aromatic carbocycles. The molecule has 1 aliphatic rings. The molecule has 7 heteroatoms. The maximum Gasteiger partial charge on any atom is 0.194 e. The zero-order chi connectivity index (χ0) is 15.5. The molecule has 0 aliphatic carbocycles. The summed E-state index contributed by atoms with van der Waals surface area (Å²) in [5, 5.41) is 5.49. The van der Waals surface area contributed by atoms with Crippen LogP contribution in [0.1, 0.15) is 32.9 Å². The van der Waals surface area contributed by atoms with Crippen molar-refractivity contribution in [1.29, 1.82) is 0 Å². The summed E-state index contributed by atoms with van der Waals surface area (Å²) >= 11 is 1.66. The molecule has 128 valence electrons. The summed E-state index contributed by atoms with van der Waals surface area (Å²) in [7, 11) is 0. The first-order valence-corrected chi connectivity index (χ1v) is 8.98. The molecule has 1 aliphatic heterocycles. The number of aliphatic imine (C=N–C) groups is 1. The third-order valence-electron chi connectivity index (χ3n) is 4.04. The number of halogens is 1. The standard InChI is InChI=1S/C16H25N5S.HI/c1-4-17-15(21-9-12(2)7-13(3)10-21)18-8-14-11-20-5-6-22-16(20)19-14;/h5-6,11-13H,4,7-10H2,1-3H3,(H,17,18);1H. The Hall–Kier alpha value is -0.830. The van der Waals surface area contributed by atoms with Crippen LogP contribution in [0.3, 0.4) is 0 Å². The number of likely N-dealkylation sites (tertiary alicyclic amines) is 1. The van der Waals surface area contributed by atoms with Gasteiger partial charge in [-0.1, -0.05) is 13.8 Å². The van der Waals surface area contributed by atoms with Gasteiger partial charge >= 0.3 is 0 Å². The maximum absolute atomic E-state index is 4.81. The van der Waals surface area contributed by atoms with Gasteiger partial charge in [-0.25, -0.2) is 9.98 Å². The Morgan fingerprint density at radius 2 is 2.13 bits per heavy atom. The number of guanidine groups is 1. The van der Waals surface area contributed by atoms with E-state index in [1.807, 2.05) is 6.20 Å². The summed E-state index contributed by atoms with van der Waals surface area (Å²) in [6.07, 6.45) is 5.42. The lowest BCUT2D eigenvalue weighted by Crippen LogP contribution is -2.48. The lowest BCUT2D eigenvalue weighted by Gasteiger charge is -2.37. The summed E-state index contributed by atoms with van der Waals surface area (Å²) < 4.78 is 2.06. The fourth-order valence-corrected chi connectivity index (χ4v) is 3.99. The van der Waals surface area contributed by atoms with E-state index in [2.05, 4.69) is 51.9 Å². The van der Waals surface area contributed by atoms with Crippen LogP contribution in [0.5, 0.6) is 0 Å². The molecular weight excluding hydrogens is 421 g/mol. The van der Waals surface area contributed by atoms with E-state index >= 15 is 0 Å². The monoisotopic (exact) mass is 447 g/mol. The second kappa shape index (κ2) is 8.32. The zero-order valence-electron chi connectivity index (χ0n) is 14.0. The number of hydrogen-bond acceptors (Lipinski definition) is 3. The molecule has 0 saturated carbocycles. The Morgan fingerprint density at radius 1 is 1.39 bits per heavy atom. The molecule has 0 spiro atoms. The minimum absolute atomic E-state index is 0. The van der Waals surface area contributed by atoms with Gasteiger partial charge in [0.15, 0.2) is 10.9 Å². The van der Waals surface area contributed by atoms with Crippen LogP contribution in [0.4, 0.5) is 0 Å². The lowest BCUT2D eigenvalue weighted by molar-refractivity contribution is 0.208. The fourth-order valence-electron chi connectivity index (χ4n) is 3.27. The van der Waals surface area contributed by atoms with Crippen LogP contribution in [0, 0.1) is 11.8 Å². The van der Waals surface area contributed by atoms with Gasteiger partial charge in [0, 0.05) is 37.4 Å². The summed E-state index contributed by atoms with van der Waals surface area (Å²) in [5.74, 6) is 2.48. The third kappa shape index (κ3) is 4.59. The number of aromatic nitrogens is 2. The van der Waals surface area contributed by atoms with E-state index < -0.39 is 0 Å². The number of imidazole rings is 1. The summed E-state index contributed by atoms with van der Waals surface area (Å²) in [6.45, 7) is 10.5. The van der Waals surface area contributed by atoms with E-state index in [1.54, 1.807) is 11.3 Å². The van der Waals surface area contributed by atoms with Crippen molar-refractivity contribution in [3.8, 4) is 0 Å². The average molecular weight is 447 g/mol. The van der Waals surface area contributed by atoms with Crippen molar-refractivity contribution >= 4 is 46.2 Å². The molecule has 2 unspecified atom stereocenters. The summed E-state index contributed by atoms with van der Waals surface area (Å²) in [6, 6.07) is 0. The van der Waals surface area contributed by atoms with Crippen LogP contribution in [0.2, 0.25) is 0 Å². The molecule has 0 amide bonds. The van der Waals surface area contributed by atoms with Crippen molar-refractivity contribution in [1.82, 2.24) is 19.6 Å². The van der Waals surface area contributed by atoms with Crippen LogP contribution >= 0.6 is 35.3 Å². The van der Waals surface area contributed by atoms with Gasteiger partial charge in [-0.05, 0) is 25.2 Å². The molecule has 0 radical (unpaired) electrons.